The summed E-state index contributed by atoms with van der Waals surface area (Å²) in [4.78, 5) is 0. The van der Waals surface area contributed by atoms with Crippen molar-refractivity contribution in [3.8, 4) is 0 Å². The van der Waals surface area contributed by atoms with Crippen molar-refractivity contribution in [2.45, 2.75) is 54.4 Å². The molecule has 0 N–H and O–H groups in total. The first kappa shape index (κ1) is 32.2. The molecular formula is C38H48N2. The molecule has 210 valence electrons. The Morgan fingerprint density at radius 1 is 0.575 bits per heavy atom. The molecular weight excluding hydrogens is 484 g/mol. The summed E-state index contributed by atoms with van der Waals surface area (Å²) >= 11 is 0. The van der Waals surface area contributed by atoms with Crippen LogP contribution in [-0.4, -0.2) is 9.13 Å². The Morgan fingerprint density at radius 3 is 1.10 bits per heavy atom. The Morgan fingerprint density at radius 2 is 0.850 bits per heavy atom. The highest BCUT2D eigenvalue weighted by Gasteiger charge is 2.06. The van der Waals surface area contributed by atoms with Gasteiger partial charge in [-0.2, -0.15) is 0 Å². The van der Waals surface area contributed by atoms with Gasteiger partial charge in [-0.05, 0) is 37.6 Å². The lowest BCUT2D eigenvalue weighted by atomic mass is 10.2. The van der Waals surface area contributed by atoms with E-state index in [1.54, 1.807) is 0 Å². The van der Waals surface area contributed by atoms with Crippen LogP contribution in [0.15, 0.2) is 121 Å². The van der Waals surface area contributed by atoms with Crippen LogP contribution < -0.4 is 0 Å². The van der Waals surface area contributed by atoms with Crippen LogP contribution in [0.25, 0.3) is 43.6 Å². The van der Waals surface area contributed by atoms with E-state index < -0.39 is 0 Å². The van der Waals surface area contributed by atoms with Gasteiger partial charge in [0.25, 0.3) is 0 Å². The lowest BCUT2D eigenvalue weighted by Gasteiger charge is -1.95. The first-order valence-corrected chi connectivity index (χ1v) is 14.7. The molecule has 0 saturated carbocycles. The zero-order chi connectivity index (χ0) is 29.5. The van der Waals surface area contributed by atoms with Gasteiger partial charge in [0.15, 0.2) is 0 Å². The number of para-hydroxylation sites is 4. The van der Waals surface area contributed by atoms with Crippen LogP contribution >= 0.6 is 0 Å². The molecule has 40 heavy (non-hydrogen) atoms. The number of unbranched alkanes of at least 4 members (excludes halogenated alkanes) is 1. The fourth-order valence-electron chi connectivity index (χ4n) is 4.69. The van der Waals surface area contributed by atoms with Crippen molar-refractivity contribution in [1.29, 1.82) is 0 Å². The summed E-state index contributed by atoms with van der Waals surface area (Å²) in [5.74, 6) is 0. The molecule has 0 unspecified atom stereocenters. The maximum absolute atomic E-state index is 3.65. The maximum Gasteiger partial charge on any atom is 0.0488 e. The summed E-state index contributed by atoms with van der Waals surface area (Å²) in [5, 5.41) is 5.35. The number of hydrogen-bond acceptors (Lipinski definition) is 0. The van der Waals surface area contributed by atoms with E-state index in [-0.39, 0.29) is 0 Å². The van der Waals surface area contributed by atoms with Gasteiger partial charge in [-0.15, -0.1) is 0 Å². The van der Waals surface area contributed by atoms with Crippen molar-refractivity contribution in [3.63, 3.8) is 0 Å². The second-order valence-corrected chi connectivity index (χ2v) is 9.13. The number of fused-ring (bicyclic) bond motifs is 6. The molecule has 0 spiro atoms. The summed E-state index contributed by atoms with van der Waals surface area (Å²) in [6.45, 7) is 15.9. The lowest BCUT2D eigenvalue weighted by Crippen LogP contribution is -1.84. The highest BCUT2D eigenvalue weighted by atomic mass is 14.9. The van der Waals surface area contributed by atoms with Gasteiger partial charge in [0.1, 0.15) is 0 Å². The fraction of sp³-hybridized carbons (Fsp3) is 0.263. The summed E-state index contributed by atoms with van der Waals surface area (Å²) in [6, 6.07) is 34.1. The molecule has 2 aromatic heterocycles. The number of hydrogen-bond donors (Lipinski definition) is 0. The van der Waals surface area contributed by atoms with Gasteiger partial charge in [0.2, 0.25) is 0 Å². The normalized spacial score (nSPS) is 10.4. The third-order valence-electron chi connectivity index (χ3n) is 6.72. The van der Waals surface area contributed by atoms with Gasteiger partial charge < -0.3 is 9.13 Å². The van der Waals surface area contributed by atoms with Gasteiger partial charge in [-0.25, -0.2) is 0 Å². The van der Waals surface area contributed by atoms with Crippen molar-refractivity contribution < 1.29 is 0 Å². The van der Waals surface area contributed by atoms with E-state index in [2.05, 4.69) is 147 Å². The molecule has 0 radical (unpaired) electrons. The third-order valence-corrected chi connectivity index (χ3v) is 6.72. The molecule has 2 heteroatoms. The topological polar surface area (TPSA) is 9.86 Å². The van der Waals surface area contributed by atoms with E-state index >= 15 is 0 Å². The number of nitrogens with zero attached hydrogens (tertiary/aromatic N) is 2. The predicted octanol–water partition coefficient (Wildman–Crippen LogP) is 11.6. The molecule has 0 atom stereocenters. The van der Waals surface area contributed by atoms with E-state index in [0.717, 1.165) is 0 Å². The number of aryl methyl sites for hydroxylation is 2. The third kappa shape index (κ3) is 7.54. The molecule has 0 saturated heterocycles. The summed E-state index contributed by atoms with van der Waals surface area (Å²) in [7, 11) is 4.23. The molecule has 4 aromatic carbocycles. The minimum atomic E-state index is 1.18. The average Bonchev–Trinajstić information content (AvgIpc) is 3.50. The van der Waals surface area contributed by atoms with Crippen molar-refractivity contribution in [3.05, 3.63) is 121 Å². The Kier molecular flexibility index (Phi) is 13.5. The van der Waals surface area contributed by atoms with Gasteiger partial charge in [0, 0.05) is 57.7 Å². The van der Waals surface area contributed by atoms with E-state index in [0.29, 0.717) is 0 Å². The van der Waals surface area contributed by atoms with E-state index in [4.69, 9.17) is 0 Å². The fourth-order valence-corrected chi connectivity index (χ4v) is 4.69. The highest BCUT2D eigenvalue weighted by molar-refractivity contribution is 6.08. The van der Waals surface area contributed by atoms with E-state index in [1.807, 2.05) is 33.8 Å². The molecule has 6 aromatic rings. The molecule has 2 nitrogen and oxygen atoms in total. The molecule has 0 aliphatic heterocycles. The SMILES string of the molecule is C=C/C(C)=C\CCC.CC.CC.Cn1c2ccccc2c2ccccc21.Cn1c2ccccc2c2ccccc21. The Balaban J connectivity index is 0.000000205. The van der Waals surface area contributed by atoms with Gasteiger partial charge in [-0.1, -0.05) is 138 Å². The van der Waals surface area contributed by atoms with Crippen LogP contribution in [0.1, 0.15) is 54.4 Å². The molecule has 0 aliphatic carbocycles. The first-order valence-electron chi connectivity index (χ1n) is 14.7. The van der Waals surface area contributed by atoms with Crippen LogP contribution in [0.4, 0.5) is 0 Å². The number of benzene rings is 4. The lowest BCUT2D eigenvalue weighted by molar-refractivity contribution is 0.952. The molecule has 0 amide bonds. The molecule has 6 rings (SSSR count). The van der Waals surface area contributed by atoms with Gasteiger partial charge >= 0.3 is 0 Å². The molecule has 0 bridgehead atoms. The van der Waals surface area contributed by atoms with Crippen molar-refractivity contribution in [2.24, 2.45) is 14.1 Å². The van der Waals surface area contributed by atoms with Crippen molar-refractivity contribution in [2.75, 3.05) is 0 Å². The number of rotatable bonds is 3. The Bertz CT molecular complexity index is 1420. The smallest absolute Gasteiger partial charge is 0.0488 e. The largest absolute Gasteiger partial charge is 0.344 e. The maximum atomic E-state index is 3.65. The van der Waals surface area contributed by atoms with Crippen LogP contribution in [0.5, 0.6) is 0 Å². The van der Waals surface area contributed by atoms with E-state index in [1.165, 1.54) is 62.0 Å². The number of aromatic nitrogens is 2. The summed E-state index contributed by atoms with van der Waals surface area (Å²) < 4.78 is 4.48. The monoisotopic (exact) mass is 532 g/mol. The molecule has 0 fully saturated rings. The van der Waals surface area contributed by atoms with Crippen molar-refractivity contribution in [1.82, 2.24) is 9.13 Å². The Hall–Kier alpha value is -4.04. The minimum absolute atomic E-state index is 1.18. The van der Waals surface area contributed by atoms with Gasteiger partial charge in [0.05, 0.1) is 0 Å². The minimum Gasteiger partial charge on any atom is -0.344 e. The van der Waals surface area contributed by atoms with Gasteiger partial charge in [-0.3, -0.25) is 0 Å². The number of allylic oxidation sites excluding steroid dienone is 3. The average molecular weight is 533 g/mol. The van der Waals surface area contributed by atoms with E-state index in [9.17, 15) is 0 Å². The summed E-state index contributed by atoms with van der Waals surface area (Å²) in [6.07, 6.45) is 6.49. The van der Waals surface area contributed by atoms with Crippen LogP contribution in [-0.2, 0) is 14.1 Å². The second-order valence-electron chi connectivity index (χ2n) is 9.13. The van der Waals surface area contributed by atoms with Crippen LogP contribution in [0, 0.1) is 0 Å². The second kappa shape index (κ2) is 16.8. The first-order chi connectivity index (χ1) is 19.6. The van der Waals surface area contributed by atoms with Crippen molar-refractivity contribution >= 4 is 43.6 Å². The quantitative estimate of drug-likeness (QED) is 0.201. The van der Waals surface area contributed by atoms with Crippen LogP contribution in [0.3, 0.4) is 0 Å². The standard InChI is InChI=1S/2C13H11N.C8H14.2C2H6/c2*1-14-12-8-4-2-6-10(12)11-7-3-5-9-13(11)14;1-4-6-7-8(3)5-2;2*1-2/h2*2-9H,1H3;5,7H,2,4,6H2,1,3H3;2*1-2H3/b;;8-7-;;. The highest BCUT2D eigenvalue weighted by Crippen LogP contribution is 2.28. The molecule has 2 heterocycles. The molecule has 0 aliphatic rings. The zero-order valence-electron chi connectivity index (χ0n) is 25.9. The summed E-state index contributed by atoms with van der Waals surface area (Å²) in [5.41, 5.74) is 6.48. The Labute approximate surface area is 242 Å². The predicted molar refractivity (Wildman–Crippen MR) is 182 cm³/mol. The van der Waals surface area contributed by atoms with Crippen LogP contribution in [0.2, 0.25) is 0 Å². The zero-order valence-corrected chi connectivity index (χ0v) is 25.9.